The Bertz CT molecular complexity index is 1210. The quantitative estimate of drug-likeness (QED) is 0.408. The van der Waals surface area contributed by atoms with Crippen LogP contribution in [0.3, 0.4) is 0 Å². The van der Waals surface area contributed by atoms with E-state index in [1.807, 2.05) is 36.1 Å². The second-order valence-electron chi connectivity index (χ2n) is 8.81. The van der Waals surface area contributed by atoms with Crippen LogP contribution in [0.25, 0.3) is 0 Å². The average molecular weight is 476 g/mol. The maximum atomic E-state index is 14.0. The number of rotatable bonds is 5. The molecule has 0 amide bonds. The third-order valence-electron chi connectivity index (χ3n) is 6.85. The number of hydrogen-bond donors (Lipinski definition) is 0. The average Bonchev–Trinajstić information content (AvgIpc) is 3.07. The number of fused-ring (bicyclic) bond motifs is 1. The summed E-state index contributed by atoms with van der Waals surface area (Å²) in [6.45, 7) is 5.14. The Labute approximate surface area is 204 Å². The SMILES string of the molecule is COc1ccccc1CN1CCN(C2(c3cc(C)nc(Cl)c3)C(=O)c3ccccc3C2=O)CC1. The molecular formula is C27H26ClN3O3. The predicted molar refractivity (Wildman–Crippen MR) is 131 cm³/mol. The van der Waals surface area contributed by atoms with Gasteiger partial charge in [0.2, 0.25) is 0 Å². The van der Waals surface area contributed by atoms with Crippen LogP contribution in [0.5, 0.6) is 5.75 Å². The van der Waals surface area contributed by atoms with Gasteiger partial charge < -0.3 is 4.74 Å². The van der Waals surface area contributed by atoms with Crippen LogP contribution in [0.1, 0.15) is 37.5 Å². The van der Waals surface area contributed by atoms with Gasteiger partial charge in [0.15, 0.2) is 17.1 Å². The lowest BCUT2D eigenvalue weighted by Crippen LogP contribution is -2.60. The minimum absolute atomic E-state index is 0.187. The van der Waals surface area contributed by atoms with Crippen molar-refractivity contribution in [2.24, 2.45) is 0 Å². The largest absolute Gasteiger partial charge is 0.496 e. The molecule has 2 heterocycles. The number of aromatic nitrogens is 1. The molecule has 2 aliphatic rings. The summed E-state index contributed by atoms with van der Waals surface area (Å²) in [5.74, 6) is 0.487. The molecule has 0 saturated carbocycles. The van der Waals surface area contributed by atoms with E-state index in [0.717, 1.165) is 17.9 Å². The summed E-state index contributed by atoms with van der Waals surface area (Å²) in [6, 6.07) is 18.6. The van der Waals surface area contributed by atoms with Gasteiger partial charge in [-0.15, -0.1) is 0 Å². The summed E-state index contributed by atoms with van der Waals surface area (Å²) in [5.41, 5.74) is 1.90. The highest BCUT2D eigenvalue weighted by molar-refractivity contribution is 6.33. The molecule has 1 aliphatic heterocycles. The molecule has 0 N–H and O–H groups in total. The van der Waals surface area contributed by atoms with Gasteiger partial charge in [0.25, 0.3) is 0 Å². The monoisotopic (exact) mass is 475 g/mol. The number of nitrogens with zero attached hydrogens (tertiary/aromatic N) is 3. The second-order valence-corrected chi connectivity index (χ2v) is 9.20. The molecule has 174 valence electrons. The van der Waals surface area contributed by atoms with Gasteiger partial charge in [-0.2, -0.15) is 0 Å². The van der Waals surface area contributed by atoms with E-state index in [1.165, 1.54) is 0 Å². The van der Waals surface area contributed by atoms with Crippen LogP contribution in [-0.4, -0.2) is 59.6 Å². The lowest BCUT2D eigenvalue weighted by atomic mass is 9.82. The van der Waals surface area contributed by atoms with Crippen molar-refractivity contribution in [2.45, 2.75) is 19.0 Å². The Morgan fingerprint density at radius 1 is 0.941 bits per heavy atom. The van der Waals surface area contributed by atoms with E-state index in [0.29, 0.717) is 48.6 Å². The third-order valence-corrected chi connectivity index (χ3v) is 7.04. The van der Waals surface area contributed by atoms with Gasteiger partial charge in [-0.1, -0.05) is 54.1 Å². The molecular weight excluding hydrogens is 450 g/mol. The Balaban J connectivity index is 1.49. The van der Waals surface area contributed by atoms with E-state index in [2.05, 4.69) is 16.0 Å². The molecule has 1 saturated heterocycles. The number of carbonyl (C=O) groups is 2. The zero-order chi connectivity index (χ0) is 23.9. The molecule has 2 aromatic carbocycles. The number of ether oxygens (including phenoxy) is 1. The van der Waals surface area contributed by atoms with Gasteiger partial charge in [-0.05, 0) is 30.7 Å². The predicted octanol–water partition coefficient (Wildman–Crippen LogP) is 4.14. The Morgan fingerprint density at radius 2 is 1.56 bits per heavy atom. The highest BCUT2D eigenvalue weighted by Crippen LogP contribution is 2.43. The number of benzene rings is 2. The number of halogens is 1. The van der Waals surface area contributed by atoms with E-state index >= 15 is 0 Å². The number of carbonyl (C=O) groups excluding carboxylic acids is 2. The van der Waals surface area contributed by atoms with Crippen LogP contribution in [0.4, 0.5) is 0 Å². The zero-order valence-corrected chi connectivity index (χ0v) is 20.0. The van der Waals surface area contributed by atoms with Gasteiger partial charge >= 0.3 is 0 Å². The van der Waals surface area contributed by atoms with Gasteiger partial charge in [0, 0.05) is 55.1 Å². The van der Waals surface area contributed by atoms with Crippen molar-refractivity contribution in [3.05, 3.63) is 93.8 Å². The lowest BCUT2D eigenvalue weighted by molar-refractivity contribution is 0.0278. The summed E-state index contributed by atoms with van der Waals surface area (Å²) in [7, 11) is 1.68. The van der Waals surface area contributed by atoms with Crippen molar-refractivity contribution < 1.29 is 14.3 Å². The summed E-state index contributed by atoms with van der Waals surface area (Å²) in [4.78, 5) is 36.5. The first kappa shape index (κ1) is 22.7. The first-order chi connectivity index (χ1) is 16.4. The number of piperazine rings is 1. The molecule has 1 fully saturated rings. The smallest absolute Gasteiger partial charge is 0.196 e. The number of ketones is 2. The van der Waals surface area contributed by atoms with E-state index in [4.69, 9.17) is 16.3 Å². The Morgan fingerprint density at radius 3 is 2.18 bits per heavy atom. The zero-order valence-electron chi connectivity index (χ0n) is 19.3. The maximum Gasteiger partial charge on any atom is 0.196 e. The number of aryl methyl sites for hydroxylation is 1. The van der Waals surface area contributed by atoms with E-state index < -0.39 is 5.54 Å². The van der Waals surface area contributed by atoms with Crippen molar-refractivity contribution in [1.29, 1.82) is 0 Å². The van der Waals surface area contributed by atoms with Crippen molar-refractivity contribution in [2.75, 3.05) is 33.3 Å². The Kier molecular flexibility index (Phi) is 5.98. The maximum absolute atomic E-state index is 14.0. The third kappa shape index (κ3) is 3.63. The summed E-state index contributed by atoms with van der Waals surface area (Å²) in [5, 5.41) is 0.278. The fourth-order valence-corrected chi connectivity index (χ4v) is 5.51. The second kappa shape index (κ2) is 8.95. The minimum Gasteiger partial charge on any atom is -0.496 e. The van der Waals surface area contributed by atoms with Crippen LogP contribution >= 0.6 is 11.6 Å². The molecule has 5 rings (SSSR count). The van der Waals surface area contributed by atoms with Crippen LogP contribution in [0.15, 0.2) is 60.7 Å². The van der Waals surface area contributed by atoms with Gasteiger partial charge in [0.05, 0.1) is 7.11 Å². The Hall–Kier alpha value is -3.06. The van der Waals surface area contributed by atoms with Crippen LogP contribution in [0, 0.1) is 6.92 Å². The molecule has 7 heteroatoms. The van der Waals surface area contributed by atoms with Crippen molar-refractivity contribution in [1.82, 2.24) is 14.8 Å². The van der Waals surface area contributed by atoms with Crippen molar-refractivity contribution >= 4 is 23.2 Å². The number of pyridine rings is 1. The standard InChI is InChI=1S/C27H26ClN3O3/c1-18-15-20(16-24(28)29-18)27(25(32)21-8-4-5-9-22(21)26(27)33)31-13-11-30(12-14-31)17-19-7-3-6-10-23(19)34-2/h3-10,15-16H,11-14,17H2,1-2H3. The topological polar surface area (TPSA) is 62.7 Å². The number of para-hydroxylation sites is 1. The number of hydrogen-bond acceptors (Lipinski definition) is 6. The van der Waals surface area contributed by atoms with Gasteiger partial charge in [-0.25, -0.2) is 4.98 Å². The molecule has 1 aromatic heterocycles. The summed E-state index contributed by atoms with van der Waals surface area (Å²) < 4.78 is 5.50. The summed E-state index contributed by atoms with van der Waals surface area (Å²) in [6.07, 6.45) is 0. The van der Waals surface area contributed by atoms with Crippen LogP contribution < -0.4 is 4.74 Å². The normalized spacial score (nSPS) is 18.2. The number of methoxy groups -OCH3 is 1. The fourth-order valence-electron chi connectivity index (χ4n) is 5.26. The van der Waals surface area contributed by atoms with E-state index in [1.54, 1.807) is 37.4 Å². The summed E-state index contributed by atoms with van der Waals surface area (Å²) >= 11 is 6.31. The molecule has 0 atom stereocenters. The molecule has 1 aliphatic carbocycles. The first-order valence-electron chi connectivity index (χ1n) is 11.4. The molecule has 0 unspecified atom stereocenters. The van der Waals surface area contributed by atoms with E-state index in [9.17, 15) is 9.59 Å². The molecule has 6 nitrogen and oxygen atoms in total. The lowest BCUT2D eigenvalue weighted by Gasteiger charge is -2.44. The molecule has 0 radical (unpaired) electrons. The van der Waals surface area contributed by atoms with Crippen LogP contribution in [0.2, 0.25) is 5.15 Å². The molecule has 0 spiro atoms. The van der Waals surface area contributed by atoms with Gasteiger partial charge in [0.1, 0.15) is 10.9 Å². The van der Waals surface area contributed by atoms with Crippen molar-refractivity contribution in [3.63, 3.8) is 0 Å². The van der Waals surface area contributed by atoms with Gasteiger partial charge in [-0.3, -0.25) is 19.4 Å². The molecule has 3 aromatic rings. The molecule has 34 heavy (non-hydrogen) atoms. The minimum atomic E-state index is -1.42. The fraction of sp³-hybridized carbons (Fsp3) is 0.296. The number of Topliss-reactive ketones (excluding diaryl/α,β-unsaturated/α-hetero) is 2. The first-order valence-corrected chi connectivity index (χ1v) is 11.8. The van der Waals surface area contributed by atoms with Crippen molar-refractivity contribution in [3.8, 4) is 5.75 Å². The van der Waals surface area contributed by atoms with E-state index in [-0.39, 0.29) is 16.7 Å². The highest BCUT2D eigenvalue weighted by Gasteiger charge is 2.58. The van der Waals surface area contributed by atoms with Crippen LogP contribution in [-0.2, 0) is 12.1 Å². The molecule has 0 bridgehead atoms. The highest BCUT2D eigenvalue weighted by atomic mass is 35.5.